The van der Waals surface area contributed by atoms with E-state index in [4.69, 9.17) is 9.47 Å². The minimum Gasteiger partial charge on any atom is -0.494 e. The summed E-state index contributed by atoms with van der Waals surface area (Å²) in [5, 5.41) is 2.66. The molecule has 0 saturated carbocycles. The molecule has 27 heavy (non-hydrogen) atoms. The van der Waals surface area contributed by atoms with Gasteiger partial charge in [0.1, 0.15) is 5.52 Å². The minimum absolute atomic E-state index is 0.120. The lowest BCUT2D eigenvalue weighted by molar-refractivity contribution is 0.0704. The summed E-state index contributed by atoms with van der Waals surface area (Å²) < 4.78 is 26.1. The third-order valence-corrected chi connectivity index (χ3v) is 4.67. The van der Waals surface area contributed by atoms with Crippen molar-refractivity contribution in [3.63, 3.8) is 0 Å². The van der Waals surface area contributed by atoms with Crippen LogP contribution in [0.4, 0.5) is 10.1 Å². The van der Waals surface area contributed by atoms with E-state index in [2.05, 4.69) is 15.3 Å². The predicted octanol–water partition coefficient (Wildman–Crippen LogP) is 3.18. The number of hydrogen-bond acceptors (Lipinski definition) is 5. The number of halogens is 1. The lowest BCUT2D eigenvalue weighted by Crippen LogP contribution is -2.19. The van der Waals surface area contributed by atoms with Crippen LogP contribution in [0, 0.1) is 5.82 Å². The molecule has 4 rings (SSSR count). The van der Waals surface area contributed by atoms with E-state index in [1.807, 2.05) is 4.57 Å². The smallest absolute Gasteiger partial charge is 0.257 e. The maximum absolute atomic E-state index is 13.8. The maximum atomic E-state index is 13.8. The molecule has 1 fully saturated rings. The molecule has 0 aliphatic carbocycles. The first-order valence-corrected chi connectivity index (χ1v) is 8.71. The Labute approximate surface area is 155 Å². The molecule has 7 nitrogen and oxygen atoms in total. The molecule has 0 spiro atoms. The molecule has 0 radical (unpaired) electrons. The second kappa shape index (κ2) is 7.32. The predicted molar refractivity (Wildman–Crippen MR) is 97.5 cm³/mol. The summed E-state index contributed by atoms with van der Waals surface area (Å²) in [7, 11) is 1.39. The van der Waals surface area contributed by atoms with Crippen LogP contribution < -0.4 is 10.1 Å². The summed E-state index contributed by atoms with van der Waals surface area (Å²) in [6, 6.07) is 6.24. The second-order valence-corrected chi connectivity index (χ2v) is 6.37. The number of aromatic nitrogens is 3. The van der Waals surface area contributed by atoms with Crippen molar-refractivity contribution in [1.82, 2.24) is 14.5 Å². The number of imidazole rings is 1. The molecule has 1 aliphatic heterocycles. The van der Waals surface area contributed by atoms with E-state index in [9.17, 15) is 9.18 Å². The van der Waals surface area contributed by atoms with Crippen LogP contribution in [-0.2, 0) is 4.74 Å². The molecule has 0 unspecified atom stereocenters. The van der Waals surface area contributed by atoms with Crippen molar-refractivity contribution in [2.45, 2.75) is 18.9 Å². The molecule has 1 aromatic carbocycles. The van der Waals surface area contributed by atoms with E-state index in [0.29, 0.717) is 22.8 Å². The molecular formula is C19H19FN4O3. The lowest BCUT2D eigenvalue weighted by atomic mass is 10.1. The van der Waals surface area contributed by atoms with Gasteiger partial charge in [0.2, 0.25) is 0 Å². The zero-order valence-corrected chi connectivity index (χ0v) is 14.8. The molecular weight excluding hydrogens is 351 g/mol. The van der Waals surface area contributed by atoms with Gasteiger partial charge in [-0.1, -0.05) is 0 Å². The number of benzene rings is 1. The summed E-state index contributed by atoms with van der Waals surface area (Å²) >= 11 is 0. The van der Waals surface area contributed by atoms with Gasteiger partial charge in [0.25, 0.3) is 5.91 Å². The molecule has 1 aliphatic rings. The Bertz CT molecular complexity index is 982. The first-order chi connectivity index (χ1) is 13.2. The third kappa shape index (κ3) is 3.48. The first-order valence-electron chi connectivity index (χ1n) is 8.71. The normalized spacial score (nSPS) is 15.0. The highest BCUT2D eigenvalue weighted by atomic mass is 19.1. The van der Waals surface area contributed by atoms with Crippen molar-refractivity contribution >= 4 is 22.8 Å². The van der Waals surface area contributed by atoms with Gasteiger partial charge >= 0.3 is 0 Å². The van der Waals surface area contributed by atoms with E-state index in [0.717, 1.165) is 31.7 Å². The molecule has 1 saturated heterocycles. The number of fused-ring (bicyclic) bond motifs is 1. The largest absolute Gasteiger partial charge is 0.494 e. The minimum atomic E-state index is -0.543. The van der Waals surface area contributed by atoms with Gasteiger partial charge in [-0.05, 0) is 31.0 Å². The Morgan fingerprint density at radius 2 is 2.11 bits per heavy atom. The summed E-state index contributed by atoms with van der Waals surface area (Å²) in [5.41, 5.74) is 2.09. The van der Waals surface area contributed by atoms with E-state index in [-0.39, 0.29) is 11.7 Å². The van der Waals surface area contributed by atoms with Gasteiger partial charge in [-0.15, -0.1) is 0 Å². The number of hydrogen-bond donors (Lipinski definition) is 1. The fourth-order valence-electron chi connectivity index (χ4n) is 3.22. The van der Waals surface area contributed by atoms with Crippen LogP contribution in [0.25, 0.3) is 11.2 Å². The molecule has 8 heteroatoms. The monoisotopic (exact) mass is 370 g/mol. The van der Waals surface area contributed by atoms with Gasteiger partial charge in [-0.3, -0.25) is 4.79 Å². The van der Waals surface area contributed by atoms with E-state index in [1.165, 1.54) is 25.4 Å². The van der Waals surface area contributed by atoms with Crippen LogP contribution in [0.5, 0.6) is 5.75 Å². The average Bonchev–Trinajstić information content (AvgIpc) is 3.12. The number of ether oxygens (including phenoxy) is 2. The van der Waals surface area contributed by atoms with Crippen LogP contribution in [0.2, 0.25) is 0 Å². The molecule has 1 amide bonds. The van der Waals surface area contributed by atoms with Crippen LogP contribution in [0.1, 0.15) is 29.2 Å². The van der Waals surface area contributed by atoms with Gasteiger partial charge in [0.15, 0.2) is 17.2 Å². The molecule has 0 atom stereocenters. The number of carbonyl (C=O) groups excluding carboxylic acids is 1. The highest BCUT2D eigenvalue weighted by Crippen LogP contribution is 2.25. The molecule has 2 aromatic heterocycles. The number of anilines is 1. The van der Waals surface area contributed by atoms with E-state index in [1.54, 1.807) is 18.5 Å². The summed E-state index contributed by atoms with van der Waals surface area (Å²) in [4.78, 5) is 21.3. The average molecular weight is 370 g/mol. The van der Waals surface area contributed by atoms with Gasteiger partial charge in [-0.25, -0.2) is 14.4 Å². The third-order valence-electron chi connectivity index (χ3n) is 4.67. The topological polar surface area (TPSA) is 78.3 Å². The number of amides is 1. The van der Waals surface area contributed by atoms with Gasteiger partial charge < -0.3 is 19.4 Å². The zero-order chi connectivity index (χ0) is 18.8. The molecule has 3 aromatic rings. The fourth-order valence-corrected chi connectivity index (χ4v) is 3.22. The fraction of sp³-hybridized carbons (Fsp3) is 0.316. The molecule has 140 valence electrons. The summed E-state index contributed by atoms with van der Waals surface area (Å²) in [5.74, 6) is -0.802. The zero-order valence-electron chi connectivity index (χ0n) is 14.8. The van der Waals surface area contributed by atoms with Crippen molar-refractivity contribution in [2.24, 2.45) is 0 Å². The van der Waals surface area contributed by atoms with E-state index < -0.39 is 5.82 Å². The number of pyridine rings is 1. The number of nitrogens with one attached hydrogen (secondary N) is 1. The van der Waals surface area contributed by atoms with Gasteiger partial charge in [0.05, 0.1) is 19.0 Å². The molecule has 3 heterocycles. The van der Waals surface area contributed by atoms with Crippen molar-refractivity contribution in [3.8, 4) is 5.75 Å². The Morgan fingerprint density at radius 3 is 2.85 bits per heavy atom. The number of carbonyl (C=O) groups is 1. The van der Waals surface area contributed by atoms with Crippen LogP contribution >= 0.6 is 0 Å². The van der Waals surface area contributed by atoms with Crippen LogP contribution in [0.3, 0.4) is 0 Å². The standard InChI is InChI=1S/C19H19FN4O3/c1-26-17-3-2-13(9-15(17)20)23-19(25)12-8-16-18(21-10-12)24(11-22-16)14-4-6-27-7-5-14/h2-3,8-11,14H,4-7H2,1H3,(H,23,25). The Balaban J connectivity index is 1.55. The summed E-state index contributed by atoms with van der Waals surface area (Å²) in [6.45, 7) is 1.45. The Morgan fingerprint density at radius 1 is 1.30 bits per heavy atom. The molecule has 0 bridgehead atoms. The number of nitrogens with zero attached hydrogens (tertiary/aromatic N) is 3. The van der Waals surface area contributed by atoms with Gasteiger partial charge in [0, 0.05) is 37.2 Å². The Kier molecular flexibility index (Phi) is 4.72. The van der Waals surface area contributed by atoms with Crippen LogP contribution in [0.15, 0.2) is 36.8 Å². The van der Waals surface area contributed by atoms with Crippen LogP contribution in [-0.4, -0.2) is 40.8 Å². The van der Waals surface area contributed by atoms with E-state index >= 15 is 0 Å². The van der Waals surface area contributed by atoms with Crippen molar-refractivity contribution in [3.05, 3.63) is 48.2 Å². The highest BCUT2D eigenvalue weighted by Gasteiger charge is 2.19. The first kappa shape index (κ1) is 17.4. The quantitative estimate of drug-likeness (QED) is 0.763. The summed E-state index contributed by atoms with van der Waals surface area (Å²) in [6.07, 6.45) is 5.10. The highest BCUT2D eigenvalue weighted by molar-refractivity contribution is 6.05. The lowest BCUT2D eigenvalue weighted by Gasteiger charge is -2.23. The van der Waals surface area contributed by atoms with Crippen molar-refractivity contribution in [2.75, 3.05) is 25.6 Å². The number of methoxy groups -OCH3 is 1. The number of rotatable bonds is 4. The molecule has 1 N–H and O–H groups in total. The van der Waals surface area contributed by atoms with Crippen molar-refractivity contribution < 1.29 is 18.7 Å². The Hall–Kier alpha value is -3.00. The van der Waals surface area contributed by atoms with Crippen molar-refractivity contribution in [1.29, 1.82) is 0 Å². The second-order valence-electron chi connectivity index (χ2n) is 6.37. The SMILES string of the molecule is COc1ccc(NC(=O)c2cnc3c(c2)ncn3C2CCOCC2)cc1F. The van der Waals surface area contributed by atoms with Gasteiger partial charge in [-0.2, -0.15) is 0 Å². The maximum Gasteiger partial charge on any atom is 0.257 e.